The molecule has 5 heteroatoms. The average Bonchev–Trinajstić information content (AvgIpc) is 3.24. The van der Waals surface area contributed by atoms with Crippen molar-refractivity contribution in [2.75, 3.05) is 13.6 Å². The highest BCUT2D eigenvalue weighted by molar-refractivity contribution is 5.80. The summed E-state index contributed by atoms with van der Waals surface area (Å²) >= 11 is 0. The van der Waals surface area contributed by atoms with Gasteiger partial charge >= 0.3 is 0 Å². The maximum atomic E-state index is 5.94. The van der Waals surface area contributed by atoms with E-state index >= 15 is 0 Å². The molecule has 128 valence electrons. The van der Waals surface area contributed by atoms with E-state index in [0.717, 1.165) is 34.9 Å². The number of aliphatic imine (C=N–C) groups is 1. The minimum absolute atomic E-state index is 0.127. The Bertz CT molecular complexity index is 843. The molecule has 0 saturated heterocycles. The van der Waals surface area contributed by atoms with Crippen LogP contribution in [0.25, 0.3) is 11.0 Å². The molecule has 0 spiro atoms. The van der Waals surface area contributed by atoms with Crippen molar-refractivity contribution in [3.05, 3.63) is 65.9 Å². The van der Waals surface area contributed by atoms with Crippen LogP contribution in [0.4, 0.5) is 0 Å². The molecule has 2 N–H and O–H groups in total. The molecular formula is C20H21N3O2. The Morgan fingerprint density at radius 1 is 1.12 bits per heavy atom. The van der Waals surface area contributed by atoms with E-state index in [2.05, 4.69) is 21.7 Å². The summed E-state index contributed by atoms with van der Waals surface area (Å²) in [6, 6.07) is 18.2. The fraction of sp³-hybridized carbons (Fsp3) is 0.250. The predicted molar refractivity (Wildman–Crippen MR) is 99.0 cm³/mol. The van der Waals surface area contributed by atoms with E-state index in [1.165, 1.54) is 5.56 Å². The van der Waals surface area contributed by atoms with Gasteiger partial charge < -0.3 is 19.8 Å². The molecule has 3 aromatic rings. The Morgan fingerprint density at radius 3 is 2.80 bits per heavy atom. The maximum absolute atomic E-state index is 5.94. The van der Waals surface area contributed by atoms with Crippen molar-refractivity contribution in [3.8, 4) is 5.75 Å². The van der Waals surface area contributed by atoms with Gasteiger partial charge in [0.2, 0.25) is 0 Å². The first-order chi connectivity index (χ1) is 12.3. The number of benzene rings is 2. The second-order valence-electron chi connectivity index (χ2n) is 6.11. The lowest BCUT2D eigenvalue weighted by Crippen LogP contribution is -2.41. The number of nitrogens with one attached hydrogen (secondary N) is 2. The van der Waals surface area contributed by atoms with E-state index in [4.69, 9.17) is 9.15 Å². The predicted octanol–water partition coefficient (Wildman–Crippen LogP) is 3.10. The van der Waals surface area contributed by atoms with E-state index in [1.807, 2.05) is 48.5 Å². The van der Waals surface area contributed by atoms with E-state index in [0.29, 0.717) is 13.1 Å². The molecule has 2 heterocycles. The molecular weight excluding hydrogens is 314 g/mol. The van der Waals surface area contributed by atoms with Gasteiger partial charge in [-0.2, -0.15) is 0 Å². The lowest BCUT2D eigenvalue weighted by atomic mass is 10.1. The number of fused-ring (bicyclic) bond motifs is 2. The van der Waals surface area contributed by atoms with Gasteiger partial charge in [-0.25, -0.2) is 0 Å². The molecule has 0 fully saturated rings. The highest BCUT2D eigenvalue weighted by atomic mass is 16.5. The third-order valence-electron chi connectivity index (χ3n) is 4.34. The average molecular weight is 335 g/mol. The van der Waals surface area contributed by atoms with Crippen molar-refractivity contribution in [3.63, 3.8) is 0 Å². The summed E-state index contributed by atoms with van der Waals surface area (Å²) < 4.78 is 11.8. The monoisotopic (exact) mass is 335 g/mol. The number of rotatable bonds is 4. The van der Waals surface area contributed by atoms with Gasteiger partial charge in [-0.3, -0.25) is 4.99 Å². The summed E-state index contributed by atoms with van der Waals surface area (Å²) in [5.41, 5.74) is 2.17. The van der Waals surface area contributed by atoms with Crippen LogP contribution in [-0.4, -0.2) is 25.7 Å². The van der Waals surface area contributed by atoms with Gasteiger partial charge in [0.15, 0.2) is 5.96 Å². The van der Waals surface area contributed by atoms with Crippen molar-refractivity contribution >= 4 is 16.9 Å². The van der Waals surface area contributed by atoms with Crippen molar-refractivity contribution in [2.24, 2.45) is 4.99 Å². The number of ether oxygens (including phenoxy) is 1. The molecule has 1 unspecified atom stereocenters. The Kier molecular flexibility index (Phi) is 4.29. The number of guanidine groups is 1. The van der Waals surface area contributed by atoms with E-state index < -0.39 is 0 Å². The summed E-state index contributed by atoms with van der Waals surface area (Å²) in [5.74, 6) is 2.60. The van der Waals surface area contributed by atoms with E-state index in [1.54, 1.807) is 7.05 Å². The normalized spacial score (nSPS) is 16.5. The second kappa shape index (κ2) is 6.89. The van der Waals surface area contributed by atoms with E-state index in [-0.39, 0.29) is 6.10 Å². The number of furan rings is 1. The van der Waals surface area contributed by atoms with Gasteiger partial charge in [-0.05, 0) is 23.8 Å². The van der Waals surface area contributed by atoms with Crippen LogP contribution in [0.2, 0.25) is 0 Å². The molecule has 0 aliphatic carbocycles. The van der Waals surface area contributed by atoms with Crippen LogP contribution >= 0.6 is 0 Å². The first-order valence-corrected chi connectivity index (χ1v) is 8.48. The molecule has 5 nitrogen and oxygen atoms in total. The van der Waals surface area contributed by atoms with Crippen molar-refractivity contribution < 1.29 is 9.15 Å². The highest BCUT2D eigenvalue weighted by Crippen LogP contribution is 2.27. The minimum atomic E-state index is 0.127. The zero-order valence-electron chi connectivity index (χ0n) is 14.2. The smallest absolute Gasteiger partial charge is 0.191 e. The highest BCUT2D eigenvalue weighted by Gasteiger charge is 2.22. The van der Waals surface area contributed by atoms with Crippen LogP contribution in [-0.2, 0) is 13.0 Å². The van der Waals surface area contributed by atoms with Crippen molar-refractivity contribution in [2.45, 2.75) is 19.1 Å². The van der Waals surface area contributed by atoms with Crippen LogP contribution in [0.1, 0.15) is 11.3 Å². The quantitative estimate of drug-likeness (QED) is 0.568. The number of hydrogen-bond acceptors (Lipinski definition) is 3. The molecule has 4 rings (SSSR count). The molecule has 0 radical (unpaired) electrons. The van der Waals surface area contributed by atoms with Crippen LogP contribution < -0.4 is 15.4 Å². The van der Waals surface area contributed by atoms with Gasteiger partial charge in [0.1, 0.15) is 23.2 Å². The van der Waals surface area contributed by atoms with Crippen LogP contribution in [0, 0.1) is 0 Å². The number of para-hydroxylation sites is 2. The molecule has 2 aromatic carbocycles. The zero-order chi connectivity index (χ0) is 17.1. The van der Waals surface area contributed by atoms with Gasteiger partial charge in [-0.15, -0.1) is 0 Å². The largest absolute Gasteiger partial charge is 0.488 e. The van der Waals surface area contributed by atoms with Crippen LogP contribution in [0.3, 0.4) is 0 Å². The summed E-state index contributed by atoms with van der Waals surface area (Å²) in [4.78, 5) is 4.26. The number of hydrogen-bond donors (Lipinski definition) is 2. The molecule has 1 aliphatic heterocycles. The summed E-state index contributed by atoms with van der Waals surface area (Å²) in [5, 5.41) is 7.71. The SMILES string of the molecule is CN=C(NCc1cc2ccccc2o1)NCC1Cc2ccccc2O1. The minimum Gasteiger partial charge on any atom is -0.488 e. The zero-order valence-corrected chi connectivity index (χ0v) is 14.2. The Hall–Kier alpha value is -2.95. The first-order valence-electron chi connectivity index (χ1n) is 8.48. The molecule has 0 saturated carbocycles. The van der Waals surface area contributed by atoms with Crippen molar-refractivity contribution in [1.29, 1.82) is 0 Å². The third kappa shape index (κ3) is 3.45. The Balaban J connectivity index is 1.30. The molecule has 25 heavy (non-hydrogen) atoms. The topological polar surface area (TPSA) is 58.8 Å². The van der Waals surface area contributed by atoms with Gasteiger partial charge in [-0.1, -0.05) is 36.4 Å². The lowest BCUT2D eigenvalue weighted by Gasteiger charge is -2.15. The van der Waals surface area contributed by atoms with Crippen molar-refractivity contribution in [1.82, 2.24) is 10.6 Å². The first kappa shape index (κ1) is 15.6. The molecule has 1 aliphatic rings. The number of nitrogens with zero attached hydrogens (tertiary/aromatic N) is 1. The second-order valence-corrected chi connectivity index (χ2v) is 6.11. The molecule has 0 amide bonds. The Morgan fingerprint density at radius 2 is 1.96 bits per heavy atom. The maximum Gasteiger partial charge on any atom is 0.191 e. The fourth-order valence-electron chi connectivity index (χ4n) is 3.09. The summed E-state index contributed by atoms with van der Waals surface area (Å²) in [6.07, 6.45) is 1.05. The van der Waals surface area contributed by atoms with Crippen LogP contribution in [0.15, 0.2) is 64.0 Å². The molecule has 1 atom stereocenters. The lowest BCUT2D eigenvalue weighted by molar-refractivity contribution is 0.235. The Labute approximate surface area is 146 Å². The molecule has 1 aromatic heterocycles. The third-order valence-corrected chi connectivity index (χ3v) is 4.34. The van der Waals surface area contributed by atoms with Gasteiger partial charge in [0.25, 0.3) is 0 Å². The fourth-order valence-corrected chi connectivity index (χ4v) is 3.09. The van der Waals surface area contributed by atoms with Gasteiger partial charge in [0, 0.05) is 18.9 Å². The standard InChI is InChI=1S/C20H21N3O2/c1-21-20(22-12-16-10-14-6-2-4-8-18(14)24-16)23-13-17-11-15-7-3-5-9-19(15)25-17/h2-10,17H,11-13H2,1H3,(H2,21,22,23). The van der Waals surface area contributed by atoms with Gasteiger partial charge in [0.05, 0.1) is 13.1 Å². The molecule has 0 bridgehead atoms. The van der Waals surface area contributed by atoms with Crippen LogP contribution in [0.5, 0.6) is 5.75 Å². The van der Waals surface area contributed by atoms with E-state index in [9.17, 15) is 0 Å². The summed E-state index contributed by atoms with van der Waals surface area (Å²) in [7, 11) is 1.76. The summed E-state index contributed by atoms with van der Waals surface area (Å²) in [6.45, 7) is 1.29.